The molecule has 136 valence electrons. The van der Waals surface area contributed by atoms with Crippen LogP contribution in [0.2, 0.25) is 0 Å². The van der Waals surface area contributed by atoms with E-state index in [-0.39, 0.29) is 24.0 Å². The molecule has 0 fully saturated rings. The minimum absolute atomic E-state index is 0. The number of aromatic nitrogens is 2. The van der Waals surface area contributed by atoms with E-state index in [9.17, 15) is 0 Å². The third kappa shape index (κ3) is 5.32. The van der Waals surface area contributed by atoms with Gasteiger partial charge in [-0.15, -0.1) is 24.0 Å². The lowest BCUT2D eigenvalue weighted by Crippen LogP contribution is -2.37. The Bertz CT molecular complexity index is 814. The van der Waals surface area contributed by atoms with Crippen molar-refractivity contribution in [3.05, 3.63) is 84.2 Å². The normalized spacial score (nSPS) is 10.9. The van der Waals surface area contributed by atoms with Crippen molar-refractivity contribution < 1.29 is 0 Å². The molecule has 0 aliphatic rings. The summed E-state index contributed by atoms with van der Waals surface area (Å²) in [6, 6.07) is 20.5. The molecule has 0 amide bonds. The molecular formula is C20H24IN5. The van der Waals surface area contributed by atoms with E-state index in [1.165, 1.54) is 5.56 Å². The molecule has 26 heavy (non-hydrogen) atoms. The highest BCUT2D eigenvalue weighted by Gasteiger charge is 2.07. The molecular weight excluding hydrogens is 437 g/mol. The van der Waals surface area contributed by atoms with Gasteiger partial charge in [-0.1, -0.05) is 48.5 Å². The molecule has 1 N–H and O–H groups in total. The van der Waals surface area contributed by atoms with Gasteiger partial charge in [0.1, 0.15) is 0 Å². The molecule has 0 bridgehead atoms. The van der Waals surface area contributed by atoms with Crippen LogP contribution in [0.25, 0.3) is 5.69 Å². The van der Waals surface area contributed by atoms with Crippen molar-refractivity contribution in [2.24, 2.45) is 4.99 Å². The first-order valence-electron chi connectivity index (χ1n) is 8.31. The van der Waals surface area contributed by atoms with E-state index in [2.05, 4.69) is 44.6 Å². The lowest BCUT2D eigenvalue weighted by Gasteiger charge is -2.22. The predicted octanol–water partition coefficient (Wildman–Crippen LogP) is 3.70. The van der Waals surface area contributed by atoms with E-state index in [0.29, 0.717) is 6.54 Å². The molecule has 0 saturated carbocycles. The molecule has 5 nitrogen and oxygen atoms in total. The Morgan fingerprint density at radius 1 is 1.04 bits per heavy atom. The second-order valence-corrected chi connectivity index (χ2v) is 5.87. The van der Waals surface area contributed by atoms with Crippen molar-refractivity contribution in [1.29, 1.82) is 0 Å². The zero-order chi connectivity index (χ0) is 17.5. The highest BCUT2D eigenvalue weighted by molar-refractivity contribution is 14.0. The van der Waals surface area contributed by atoms with E-state index < -0.39 is 0 Å². The van der Waals surface area contributed by atoms with Gasteiger partial charge in [0.15, 0.2) is 5.96 Å². The molecule has 1 aromatic heterocycles. The van der Waals surface area contributed by atoms with Crippen molar-refractivity contribution in [1.82, 2.24) is 20.0 Å². The average Bonchev–Trinajstić information content (AvgIpc) is 3.13. The van der Waals surface area contributed by atoms with Crippen LogP contribution < -0.4 is 5.32 Å². The average molecular weight is 461 g/mol. The van der Waals surface area contributed by atoms with Crippen molar-refractivity contribution in [2.75, 3.05) is 14.1 Å². The van der Waals surface area contributed by atoms with E-state index >= 15 is 0 Å². The van der Waals surface area contributed by atoms with Gasteiger partial charge in [0, 0.05) is 38.9 Å². The summed E-state index contributed by atoms with van der Waals surface area (Å²) in [5.74, 6) is 0.858. The summed E-state index contributed by atoms with van der Waals surface area (Å²) in [6.45, 7) is 1.49. The number of halogens is 1. The SMILES string of the molecule is CN=C(NCc1cnn(-c2ccccc2)c1)N(C)Cc1ccccc1.I. The largest absolute Gasteiger partial charge is 0.352 e. The summed E-state index contributed by atoms with van der Waals surface area (Å²) in [7, 11) is 3.84. The number of benzene rings is 2. The Morgan fingerprint density at radius 3 is 2.35 bits per heavy atom. The monoisotopic (exact) mass is 461 g/mol. The molecule has 0 saturated heterocycles. The minimum atomic E-state index is 0. The second-order valence-electron chi connectivity index (χ2n) is 5.87. The summed E-state index contributed by atoms with van der Waals surface area (Å²) in [5, 5.41) is 7.82. The number of hydrogen-bond donors (Lipinski definition) is 1. The van der Waals surface area contributed by atoms with Gasteiger partial charge in [0.05, 0.1) is 11.9 Å². The van der Waals surface area contributed by atoms with Crippen LogP contribution in [-0.2, 0) is 13.1 Å². The number of guanidine groups is 1. The first kappa shape index (κ1) is 20.0. The number of para-hydroxylation sites is 1. The molecule has 0 atom stereocenters. The summed E-state index contributed by atoms with van der Waals surface area (Å²) in [4.78, 5) is 6.48. The molecule has 3 aromatic rings. The van der Waals surface area contributed by atoms with Crippen LogP contribution in [0, 0.1) is 0 Å². The van der Waals surface area contributed by atoms with Gasteiger partial charge >= 0.3 is 0 Å². The Balaban J connectivity index is 0.00000243. The van der Waals surface area contributed by atoms with Gasteiger partial charge in [-0.2, -0.15) is 5.10 Å². The van der Waals surface area contributed by atoms with Crippen LogP contribution in [0.5, 0.6) is 0 Å². The molecule has 0 radical (unpaired) electrons. The van der Waals surface area contributed by atoms with Gasteiger partial charge in [0.25, 0.3) is 0 Å². The molecule has 1 heterocycles. The first-order chi connectivity index (χ1) is 12.3. The number of nitrogens with zero attached hydrogens (tertiary/aromatic N) is 4. The Labute approximate surface area is 171 Å². The van der Waals surface area contributed by atoms with Gasteiger partial charge in [-0.3, -0.25) is 4.99 Å². The fourth-order valence-corrected chi connectivity index (χ4v) is 2.67. The van der Waals surface area contributed by atoms with Gasteiger partial charge in [-0.25, -0.2) is 4.68 Å². The smallest absolute Gasteiger partial charge is 0.193 e. The fraction of sp³-hybridized carbons (Fsp3) is 0.200. The van der Waals surface area contributed by atoms with Crippen LogP contribution in [0.1, 0.15) is 11.1 Å². The van der Waals surface area contributed by atoms with Gasteiger partial charge < -0.3 is 10.2 Å². The van der Waals surface area contributed by atoms with E-state index in [0.717, 1.165) is 23.8 Å². The first-order valence-corrected chi connectivity index (χ1v) is 8.31. The van der Waals surface area contributed by atoms with Gasteiger partial charge in [-0.05, 0) is 17.7 Å². The maximum absolute atomic E-state index is 4.43. The van der Waals surface area contributed by atoms with Crippen LogP contribution in [0.3, 0.4) is 0 Å². The van der Waals surface area contributed by atoms with Crippen molar-refractivity contribution >= 4 is 29.9 Å². The fourth-order valence-electron chi connectivity index (χ4n) is 2.67. The van der Waals surface area contributed by atoms with Crippen molar-refractivity contribution in [3.63, 3.8) is 0 Å². The summed E-state index contributed by atoms with van der Waals surface area (Å²) in [5.41, 5.74) is 3.42. The molecule has 0 spiro atoms. The van der Waals surface area contributed by atoms with E-state index in [4.69, 9.17) is 0 Å². The summed E-state index contributed by atoms with van der Waals surface area (Å²) in [6.07, 6.45) is 3.91. The Hall–Kier alpha value is -2.35. The van der Waals surface area contributed by atoms with Gasteiger partial charge in [0.2, 0.25) is 0 Å². The van der Waals surface area contributed by atoms with Crippen molar-refractivity contribution in [3.8, 4) is 5.69 Å². The minimum Gasteiger partial charge on any atom is -0.352 e. The third-order valence-corrected chi connectivity index (χ3v) is 3.94. The molecule has 2 aromatic carbocycles. The number of nitrogens with one attached hydrogen (secondary N) is 1. The number of rotatable bonds is 5. The maximum atomic E-state index is 4.43. The third-order valence-electron chi connectivity index (χ3n) is 3.94. The molecule has 0 unspecified atom stereocenters. The highest BCUT2D eigenvalue weighted by Crippen LogP contribution is 2.08. The predicted molar refractivity (Wildman–Crippen MR) is 117 cm³/mol. The van der Waals surface area contributed by atoms with Crippen LogP contribution in [0.15, 0.2) is 78.0 Å². The van der Waals surface area contributed by atoms with Crippen molar-refractivity contribution in [2.45, 2.75) is 13.1 Å². The zero-order valence-corrected chi connectivity index (χ0v) is 17.4. The van der Waals surface area contributed by atoms with E-state index in [1.54, 1.807) is 7.05 Å². The standard InChI is InChI=1S/C20H23N5.HI/c1-21-20(24(2)15-17-9-5-3-6-10-17)22-13-18-14-23-25(16-18)19-11-7-4-8-12-19;/h3-12,14,16H,13,15H2,1-2H3,(H,21,22);1H. The van der Waals surface area contributed by atoms with Crippen LogP contribution in [-0.4, -0.2) is 34.7 Å². The Morgan fingerprint density at radius 2 is 1.69 bits per heavy atom. The van der Waals surface area contributed by atoms with E-state index in [1.807, 2.05) is 60.5 Å². The lowest BCUT2D eigenvalue weighted by atomic mass is 10.2. The topological polar surface area (TPSA) is 45.5 Å². The molecule has 3 rings (SSSR count). The number of hydrogen-bond acceptors (Lipinski definition) is 2. The molecule has 6 heteroatoms. The van der Waals surface area contributed by atoms with Crippen LogP contribution in [0.4, 0.5) is 0 Å². The molecule has 0 aliphatic heterocycles. The number of aliphatic imine (C=N–C) groups is 1. The highest BCUT2D eigenvalue weighted by atomic mass is 127. The quantitative estimate of drug-likeness (QED) is 0.358. The molecule has 0 aliphatic carbocycles. The van der Waals surface area contributed by atoms with Crippen LogP contribution >= 0.6 is 24.0 Å². The lowest BCUT2D eigenvalue weighted by molar-refractivity contribution is 0.476. The second kappa shape index (κ2) is 9.96. The summed E-state index contributed by atoms with van der Waals surface area (Å²) >= 11 is 0. The zero-order valence-electron chi connectivity index (χ0n) is 15.0. The Kier molecular flexibility index (Phi) is 7.65. The maximum Gasteiger partial charge on any atom is 0.193 e. The summed E-state index contributed by atoms with van der Waals surface area (Å²) < 4.78 is 1.88.